The van der Waals surface area contributed by atoms with E-state index in [1.165, 1.54) is 6.07 Å². The molecule has 1 aliphatic rings. The summed E-state index contributed by atoms with van der Waals surface area (Å²) in [5.41, 5.74) is 1.09. The van der Waals surface area contributed by atoms with Gasteiger partial charge in [0.05, 0.1) is 12.3 Å². The highest BCUT2D eigenvalue weighted by atomic mass is 16.5. The second-order valence-electron chi connectivity index (χ2n) is 2.43. The van der Waals surface area contributed by atoms with E-state index < -0.39 is 5.97 Å². The zero-order valence-corrected chi connectivity index (χ0v) is 5.76. The summed E-state index contributed by atoms with van der Waals surface area (Å²) in [6, 6.07) is 1.52. The zero-order chi connectivity index (χ0) is 7.84. The molecular formula is C7H7NO3. The number of ether oxygens (including phenoxy) is 1. The molecule has 1 aromatic rings. The Morgan fingerprint density at radius 3 is 3.18 bits per heavy atom. The molecule has 0 unspecified atom stereocenters. The number of hydrogen-bond donors (Lipinski definition) is 2. The van der Waals surface area contributed by atoms with Crippen LogP contribution in [-0.2, 0) is 6.42 Å². The molecule has 0 radical (unpaired) electrons. The Bertz CT molecular complexity index is 281. The molecule has 11 heavy (non-hydrogen) atoms. The second kappa shape index (κ2) is 2.02. The van der Waals surface area contributed by atoms with Gasteiger partial charge in [0.1, 0.15) is 11.4 Å². The third-order valence-electron chi connectivity index (χ3n) is 1.70. The number of carboxylic acids is 1. The lowest BCUT2D eigenvalue weighted by Gasteiger charge is -1.89. The molecule has 0 bridgehead atoms. The van der Waals surface area contributed by atoms with Gasteiger partial charge in [-0.2, -0.15) is 0 Å². The first kappa shape index (κ1) is 6.27. The lowest BCUT2D eigenvalue weighted by atomic mass is 10.3. The van der Waals surface area contributed by atoms with Crippen molar-refractivity contribution < 1.29 is 14.6 Å². The van der Waals surface area contributed by atoms with Crippen molar-refractivity contribution in [2.75, 3.05) is 6.61 Å². The van der Waals surface area contributed by atoms with Crippen LogP contribution in [0.3, 0.4) is 0 Å². The molecule has 1 aliphatic heterocycles. The Labute approximate surface area is 62.8 Å². The van der Waals surface area contributed by atoms with Crippen molar-refractivity contribution in [3.63, 3.8) is 0 Å². The van der Waals surface area contributed by atoms with Crippen LogP contribution in [0.5, 0.6) is 5.75 Å². The van der Waals surface area contributed by atoms with Gasteiger partial charge in [0.2, 0.25) is 0 Å². The van der Waals surface area contributed by atoms with Gasteiger partial charge in [-0.1, -0.05) is 0 Å². The van der Waals surface area contributed by atoms with Gasteiger partial charge in [-0.15, -0.1) is 0 Å². The molecule has 0 spiro atoms. The van der Waals surface area contributed by atoms with E-state index in [-0.39, 0.29) is 5.69 Å². The molecule has 0 amide bonds. The van der Waals surface area contributed by atoms with E-state index >= 15 is 0 Å². The number of carboxylic acid groups (broad SMARTS) is 1. The van der Waals surface area contributed by atoms with Gasteiger partial charge < -0.3 is 14.8 Å². The number of carbonyl (C=O) groups is 1. The van der Waals surface area contributed by atoms with Crippen molar-refractivity contribution in [3.8, 4) is 5.75 Å². The summed E-state index contributed by atoms with van der Waals surface area (Å²) in [6.45, 7) is 0.654. The molecule has 4 heteroatoms. The van der Waals surface area contributed by atoms with E-state index in [2.05, 4.69) is 4.98 Å². The van der Waals surface area contributed by atoms with Gasteiger partial charge in [0.25, 0.3) is 0 Å². The van der Waals surface area contributed by atoms with Crippen molar-refractivity contribution in [3.05, 3.63) is 17.5 Å². The summed E-state index contributed by atoms with van der Waals surface area (Å²) in [7, 11) is 0. The third-order valence-corrected chi connectivity index (χ3v) is 1.70. The fourth-order valence-electron chi connectivity index (χ4n) is 1.17. The van der Waals surface area contributed by atoms with Crippen molar-refractivity contribution in [1.82, 2.24) is 4.98 Å². The van der Waals surface area contributed by atoms with Gasteiger partial charge in [-0.05, 0) is 0 Å². The summed E-state index contributed by atoms with van der Waals surface area (Å²) in [4.78, 5) is 13.2. The van der Waals surface area contributed by atoms with Gasteiger partial charge >= 0.3 is 5.97 Å². The largest absolute Gasteiger partial charge is 0.491 e. The van der Waals surface area contributed by atoms with Crippen LogP contribution in [-0.4, -0.2) is 22.7 Å². The Morgan fingerprint density at radius 2 is 2.55 bits per heavy atom. The van der Waals surface area contributed by atoms with E-state index in [9.17, 15) is 4.79 Å². The van der Waals surface area contributed by atoms with Crippen LogP contribution in [0.15, 0.2) is 6.07 Å². The molecule has 0 atom stereocenters. The molecule has 0 fully saturated rings. The van der Waals surface area contributed by atoms with Crippen LogP contribution in [0.25, 0.3) is 0 Å². The number of aromatic amines is 1. The normalized spacial score (nSPS) is 14.2. The quantitative estimate of drug-likeness (QED) is 0.622. The smallest absolute Gasteiger partial charge is 0.352 e. The number of aromatic carboxylic acids is 1. The molecule has 1 aromatic heterocycles. The van der Waals surface area contributed by atoms with Crippen LogP contribution < -0.4 is 4.74 Å². The minimum absolute atomic E-state index is 0.203. The average Bonchev–Trinajstić information content (AvgIpc) is 2.40. The molecule has 2 N–H and O–H groups in total. The Morgan fingerprint density at radius 1 is 1.73 bits per heavy atom. The Balaban J connectivity index is 2.42. The third kappa shape index (κ3) is 0.869. The average molecular weight is 153 g/mol. The van der Waals surface area contributed by atoms with E-state index in [0.29, 0.717) is 12.4 Å². The molecule has 0 saturated carbocycles. The first-order valence-corrected chi connectivity index (χ1v) is 3.35. The molecule has 58 valence electrons. The van der Waals surface area contributed by atoms with Gasteiger partial charge in [-0.3, -0.25) is 0 Å². The highest BCUT2D eigenvalue weighted by Gasteiger charge is 2.17. The minimum atomic E-state index is -0.942. The standard InChI is InChI=1S/C7H7NO3/c9-7(10)5-3-6-4(8-5)1-2-11-6/h3,8H,1-2H2,(H,9,10). The SMILES string of the molecule is O=C(O)c1cc2c([nH]1)CCO2. The van der Waals surface area contributed by atoms with Crippen molar-refractivity contribution >= 4 is 5.97 Å². The Hall–Kier alpha value is -1.45. The van der Waals surface area contributed by atoms with E-state index in [4.69, 9.17) is 9.84 Å². The summed E-state index contributed by atoms with van der Waals surface area (Å²) < 4.78 is 5.13. The van der Waals surface area contributed by atoms with Gasteiger partial charge in [-0.25, -0.2) is 4.79 Å². The van der Waals surface area contributed by atoms with Crippen LogP contribution >= 0.6 is 0 Å². The topological polar surface area (TPSA) is 62.3 Å². The molecule has 2 heterocycles. The van der Waals surface area contributed by atoms with Crippen molar-refractivity contribution in [1.29, 1.82) is 0 Å². The van der Waals surface area contributed by atoms with Crippen LogP contribution in [0.4, 0.5) is 0 Å². The Kier molecular flexibility index (Phi) is 1.15. The maximum absolute atomic E-state index is 10.4. The number of H-pyrrole nitrogens is 1. The number of aromatic nitrogens is 1. The lowest BCUT2D eigenvalue weighted by molar-refractivity contribution is 0.0690. The minimum Gasteiger partial charge on any atom is -0.491 e. The molecule has 2 rings (SSSR count). The predicted octanol–water partition coefficient (Wildman–Crippen LogP) is 0.648. The molecule has 0 aromatic carbocycles. The first-order valence-electron chi connectivity index (χ1n) is 3.35. The van der Waals surface area contributed by atoms with Crippen molar-refractivity contribution in [2.24, 2.45) is 0 Å². The highest BCUT2D eigenvalue weighted by molar-refractivity contribution is 5.86. The van der Waals surface area contributed by atoms with E-state index in [1.54, 1.807) is 0 Å². The van der Waals surface area contributed by atoms with Crippen LogP contribution in [0, 0.1) is 0 Å². The highest BCUT2D eigenvalue weighted by Crippen LogP contribution is 2.25. The van der Waals surface area contributed by atoms with Gasteiger partial charge in [0, 0.05) is 12.5 Å². The monoisotopic (exact) mass is 153 g/mol. The molecule has 0 saturated heterocycles. The summed E-state index contributed by atoms with van der Waals surface area (Å²) in [5.74, 6) is -0.259. The fraction of sp³-hybridized carbons (Fsp3) is 0.286. The van der Waals surface area contributed by atoms with Crippen molar-refractivity contribution in [2.45, 2.75) is 6.42 Å². The van der Waals surface area contributed by atoms with Gasteiger partial charge in [0.15, 0.2) is 0 Å². The van der Waals surface area contributed by atoms with E-state index in [1.807, 2.05) is 0 Å². The summed E-state index contributed by atoms with van der Waals surface area (Å²) >= 11 is 0. The molecule has 0 aliphatic carbocycles. The summed E-state index contributed by atoms with van der Waals surface area (Å²) in [5, 5.41) is 8.56. The summed E-state index contributed by atoms with van der Waals surface area (Å²) in [6.07, 6.45) is 0.780. The van der Waals surface area contributed by atoms with Crippen LogP contribution in [0.1, 0.15) is 16.2 Å². The maximum Gasteiger partial charge on any atom is 0.352 e. The lowest BCUT2D eigenvalue weighted by Crippen LogP contribution is -1.98. The molecular weight excluding hydrogens is 146 g/mol. The van der Waals surface area contributed by atoms with E-state index in [0.717, 1.165) is 12.1 Å². The zero-order valence-electron chi connectivity index (χ0n) is 5.76. The number of nitrogens with one attached hydrogen (secondary N) is 1. The number of fused-ring (bicyclic) bond motifs is 1. The fourth-order valence-corrected chi connectivity index (χ4v) is 1.17. The van der Waals surface area contributed by atoms with Crippen LogP contribution in [0.2, 0.25) is 0 Å². The maximum atomic E-state index is 10.4. The number of hydrogen-bond acceptors (Lipinski definition) is 2. The predicted molar refractivity (Wildman–Crippen MR) is 37.0 cm³/mol. The second-order valence-corrected chi connectivity index (χ2v) is 2.43. The first-order chi connectivity index (χ1) is 5.27. The number of rotatable bonds is 1. The molecule has 4 nitrogen and oxygen atoms in total.